The van der Waals surface area contributed by atoms with E-state index in [1.54, 1.807) is 13.8 Å². The minimum Gasteiger partial charge on any atom is -0.486 e. The van der Waals surface area contributed by atoms with E-state index in [0.717, 1.165) is 11.1 Å². The average molecular weight is 375 g/mol. The molecular weight excluding hydrogens is 350 g/mol. The third kappa shape index (κ3) is 4.44. The van der Waals surface area contributed by atoms with Gasteiger partial charge in [-0.05, 0) is 44.0 Å². The zero-order valence-corrected chi connectivity index (χ0v) is 16.1. The molecule has 1 N–H and O–H groups in total. The molecule has 0 bridgehead atoms. The Morgan fingerprint density at radius 3 is 2.15 bits per heavy atom. The predicted molar refractivity (Wildman–Crippen MR) is 103 cm³/mol. The van der Waals surface area contributed by atoms with E-state index < -0.39 is 15.3 Å². The smallest absolute Gasteiger partial charge is 0.214 e. The number of rotatable bonds is 6. The molecular formula is C20H25NO4S. The van der Waals surface area contributed by atoms with E-state index in [0.29, 0.717) is 19.0 Å². The number of hydrogen-bond acceptors (Lipinski definition) is 4. The largest absolute Gasteiger partial charge is 0.486 e. The van der Waals surface area contributed by atoms with Crippen LogP contribution in [0.3, 0.4) is 0 Å². The molecule has 2 aromatic rings. The van der Waals surface area contributed by atoms with Gasteiger partial charge in [-0.2, -0.15) is 0 Å². The van der Waals surface area contributed by atoms with E-state index in [2.05, 4.69) is 35.9 Å². The van der Waals surface area contributed by atoms with Crippen LogP contribution >= 0.6 is 0 Å². The first kappa shape index (κ1) is 18.9. The van der Waals surface area contributed by atoms with Crippen LogP contribution in [0.15, 0.2) is 48.5 Å². The van der Waals surface area contributed by atoms with Crippen molar-refractivity contribution in [2.45, 2.75) is 38.2 Å². The summed E-state index contributed by atoms with van der Waals surface area (Å²) < 4.78 is 38.3. The van der Waals surface area contributed by atoms with Crippen molar-refractivity contribution < 1.29 is 17.9 Å². The molecule has 0 spiro atoms. The van der Waals surface area contributed by atoms with Gasteiger partial charge < -0.3 is 9.47 Å². The Kier molecular flexibility index (Phi) is 5.65. The maximum absolute atomic E-state index is 12.1. The van der Waals surface area contributed by atoms with Crippen molar-refractivity contribution >= 4 is 10.0 Å². The van der Waals surface area contributed by atoms with Gasteiger partial charge in [-0.15, -0.1) is 0 Å². The fourth-order valence-electron chi connectivity index (χ4n) is 2.75. The van der Waals surface area contributed by atoms with E-state index >= 15 is 0 Å². The summed E-state index contributed by atoms with van der Waals surface area (Å²) in [7, 11) is -3.36. The summed E-state index contributed by atoms with van der Waals surface area (Å²) in [5.74, 6) is 0.699. The molecule has 2 atom stereocenters. The average Bonchev–Trinajstić information content (AvgIpc) is 3.02. The van der Waals surface area contributed by atoms with Crippen molar-refractivity contribution in [2.24, 2.45) is 0 Å². The first-order valence-electron chi connectivity index (χ1n) is 8.78. The second-order valence-electron chi connectivity index (χ2n) is 6.90. The Morgan fingerprint density at radius 2 is 1.58 bits per heavy atom. The lowest BCUT2D eigenvalue weighted by molar-refractivity contribution is 0.140. The first-order chi connectivity index (χ1) is 12.3. The van der Waals surface area contributed by atoms with Crippen molar-refractivity contribution in [1.82, 2.24) is 4.72 Å². The van der Waals surface area contributed by atoms with E-state index in [1.165, 1.54) is 5.56 Å². The molecule has 1 aliphatic heterocycles. The first-order valence-corrected chi connectivity index (χ1v) is 10.3. The van der Waals surface area contributed by atoms with E-state index in [9.17, 15) is 8.42 Å². The second kappa shape index (κ2) is 7.78. The highest BCUT2D eigenvalue weighted by atomic mass is 32.2. The highest BCUT2D eigenvalue weighted by Crippen LogP contribution is 2.24. The summed E-state index contributed by atoms with van der Waals surface area (Å²) in [6, 6.07) is 15.8. The lowest BCUT2D eigenvalue weighted by Gasteiger charge is -2.21. The van der Waals surface area contributed by atoms with Gasteiger partial charge in [-0.3, -0.25) is 0 Å². The fraction of sp³-hybridized carbons (Fsp3) is 0.400. The molecule has 1 aliphatic rings. The van der Waals surface area contributed by atoms with Gasteiger partial charge in [0.2, 0.25) is 10.0 Å². The van der Waals surface area contributed by atoms with Crippen LogP contribution in [0.4, 0.5) is 0 Å². The van der Waals surface area contributed by atoms with Gasteiger partial charge >= 0.3 is 0 Å². The molecule has 1 fully saturated rings. The minimum absolute atomic E-state index is 0.318. The van der Waals surface area contributed by atoms with E-state index in [-0.39, 0.29) is 12.1 Å². The van der Waals surface area contributed by atoms with Gasteiger partial charge in [0.05, 0.1) is 24.5 Å². The predicted octanol–water partition coefficient (Wildman–Crippen LogP) is 3.14. The third-order valence-electron chi connectivity index (χ3n) is 4.49. The molecule has 1 saturated heterocycles. The van der Waals surface area contributed by atoms with Gasteiger partial charge in [0.1, 0.15) is 11.9 Å². The molecule has 6 heteroatoms. The van der Waals surface area contributed by atoms with Crippen LogP contribution in [0.2, 0.25) is 0 Å². The molecule has 26 heavy (non-hydrogen) atoms. The normalized spacial score (nSPS) is 20.5. The van der Waals surface area contributed by atoms with Crippen LogP contribution in [0.1, 0.15) is 19.4 Å². The van der Waals surface area contributed by atoms with Crippen LogP contribution in [0.25, 0.3) is 11.1 Å². The highest BCUT2D eigenvalue weighted by Gasteiger charge is 2.34. The standard InChI is InChI=1S/C20H25NO4S/c1-14(2)26(22,23)21-19-12-24-13-20(19)25-18-10-8-17(9-11-18)16-6-4-15(3)5-7-16/h4-11,14,19-21H,12-13H2,1-3H3/t19-,20+/m0/s1. The number of sulfonamides is 1. The van der Waals surface area contributed by atoms with Gasteiger partial charge in [0.25, 0.3) is 0 Å². The number of hydrogen-bond donors (Lipinski definition) is 1. The Balaban J connectivity index is 1.67. The molecule has 0 unspecified atom stereocenters. The minimum atomic E-state index is -3.36. The van der Waals surface area contributed by atoms with E-state index in [4.69, 9.17) is 9.47 Å². The summed E-state index contributed by atoms with van der Waals surface area (Å²) >= 11 is 0. The second-order valence-corrected chi connectivity index (χ2v) is 9.17. The molecule has 0 saturated carbocycles. The molecule has 1 heterocycles. The zero-order chi connectivity index (χ0) is 18.7. The van der Waals surface area contributed by atoms with Crippen LogP contribution in [-0.4, -0.2) is 39.0 Å². The Hall–Kier alpha value is -1.89. The van der Waals surface area contributed by atoms with Crippen LogP contribution < -0.4 is 9.46 Å². The van der Waals surface area contributed by atoms with Crippen molar-refractivity contribution in [3.63, 3.8) is 0 Å². The van der Waals surface area contributed by atoms with Gasteiger partial charge in [-0.25, -0.2) is 13.1 Å². The number of benzene rings is 2. The van der Waals surface area contributed by atoms with Crippen LogP contribution in [-0.2, 0) is 14.8 Å². The van der Waals surface area contributed by atoms with Crippen molar-refractivity contribution in [2.75, 3.05) is 13.2 Å². The lowest BCUT2D eigenvalue weighted by atomic mass is 10.0. The van der Waals surface area contributed by atoms with Crippen molar-refractivity contribution in [1.29, 1.82) is 0 Å². The lowest BCUT2D eigenvalue weighted by Crippen LogP contribution is -2.47. The van der Waals surface area contributed by atoms with Crippen LogP contribution in [0, 0.1) is 6.92 Å². The molecule has 0 aliphatic carbocycles. The molecule has 2 aromatic carbocycles. The Labute approximate surface area is 155 Å². The van der Waals surface area contributed by atoms with Crippen molar-refractivity contribution in [3.05, 3.63) is 54.1 Å². The SMILES string of the molecule is Cc1ccc(-c2ccc(O[C@@H]3COC[C@@H]3NS(=O)(=O)C(C)C)cc2)cc1. The Morgan fingerprint density at radius 1 is 1.00 bits per heavy atom. The summed E-state index contributed by atoms with van der Waals surface area (Å²) in [4.78, 5) is 0. The molecule has 140 valence electrons. The van der Waals surface area contributed by atoms with Crippen molar-refractivity contribution in [3.8, 4) is 16.9 Å². The molecule has 3 rings (SSSR count). The highest BCUT2D eigenvalue weighted by molar-refractivity contribution is 7.90. The summed E-state index contributed by atoms with van der Waals surface area (Å²) in [6.45, 7) is 6.05. The Bertz CT molecular complexity index is 829. The van der Waals surface area contributed by atoms with Gasteiger partial charge in [0.15, 0.2) is 0 Å². The third-order valence-corrected chi connectivity index (χ3v) is 6.36. The summed E-state index contributed by atoms with van der Waals surface area (Å²) in [6.07, 6.45) is -0.339. The quantitative estimate of drug-likeness (QED) is 0.842. The monoisotopic (exact) mass is 375 g/mol. The topological polar surface area (TPSA) is 64.6 Å². The molecule has 0 amide bonds. The fourth-order valence-corrected chi connectivity index (χ4v) is 3.67. The van der Waals surface area contributed by atoms with Crippen LogP contribution in [0.5, 0.6) is 5.75 Å². The molecule has 5 nitrogen and oxygen atoms in total. The molecule has 0 aromatic heterocycles. The zero-order valence-electron chi connectivity index (χ0n) is 15.3. The summed E-state index contributed by atoms with van der Waals surface area (Å²) in [5.41, 5.74) is 3.48. The number of aryl methyl sites for hydroxylation is 1. The maximum Gasteiger partial charge on any atom is 0.214 e. The van der Waals surface area contributed by atoms with Gasteiger partial charge in [-0.1, -0.05) is 42.0 Å². The van der Waals surface area contributed by atoms with E-state index in [1.807, 2.05) is 24.3 Å². The summed E-state index contributed by atoms with van der Waals surface area (Å²) in [5, 5.41) is -0.488. The number of nitrogens with one attached hydrogen (secondary N) is 1. The number of ether oxygens (including phenoxy) is 2. The molecule has 0 radical (unpaired) electrons. The maximum atomic E-state index is 12.1. The van der Waals surface area contributed by atoms with Gasteiger partial charge in [0, 0.05) is 0 Å².